The van der Waals surface area contributed by atoms with E-state index in [-0.39, 0.29) is 29.0 Å². The lowest BCUT2D eigenvalue weighted by Gasteiger charge is -2.08. The van der Waals surface area contributed by atoms with Gasteiger partial charge in [0.1, 0.15) is 0 Å². The van der Waals surface area contributed by atoms with E-state index in [0.717, 1.165) is 5.69 Å². The van der Waals surface area contributed by atoms with E-state index in [2.05, 4.69) is 15.5 Å². The summed E-state index contributed by atoms with van der Waals surface area (Å²) in [7, 11) is -2.93. The molecule has 1 aromatic heterocycles. The predicted octanol–water partition coefficient (Wildman–Crippen LogP) is 0.740. The third kappa shape index (κ3) is 3.58. The Morgan fingerprint density at radius 1 is 1.30 bits per heavy atom. The Balaban J connectivity index is 1.67. The number of rotatable bonds is 4. The maximum atomic E-state index is 12.3. The first kappa shape index (κ1) is 15.7. The third-order valence-corrected chi connectivity index (χ3v) is 5.70. The van der Waals surface area contributed by atoms with Crippen LogP contribution in [-0.2, 0) is 9.84 Å². The van der Waals surface area contributed by atoms with Crippen LogP contribution in [0, 0.1) is 12.8 Å². The lowest BCUT2D eigenvalue weighted by molar-refractivity contribution is 0.0942. The number of carbonyl (C=O) groups is 1. The Morgan fingerprint density at radius 2 is 2.04 bits per heavy atom. The minimum Gasteiger partial charge on any atom is -0.350 e. The van der Waals surface area contributed by atoms with Crippen LogP contribution < -0.4 is 5.32 Å². The van der Waals surface area contributed by atoms with Crippen molar-refractivity contribution in [3.05, 3.63) is 41.7 Å². The van der Waals surface area contributed by atoms with Crippen LogP contribution in [0.1, 0.15) is 22.6 Å². The van der Waals surface area contributed by atoms with Crippen LogP contribution in [-0.4, -0.2) is 47.4 Å². The molecule has 0 unspecified atom stereocenters. The average molecular weight is 334 g/mol. The highest BCUT2D eigenvalue weighted by Crippen LogP contribution is 2.17. The molecule has 0 aliphatic carbocycles. The Hall–Kier alpha value is -2.22. The molecule has 1 aliphatic rings. The van der Waals surface area contributed by atoms with Crippen molar-refractivity contribution in [2.24, 2.45) is 5.92 Å². The first-order chi connectivity index (χ1) is 10.9. The molecule has 7 nitrogen and oxygen atoms in total. The van der Waals surface area contributed by atoms with Crippen LogP contribution in [0.15, 0.2) is 30.3 Å². The summed E-state index contributed by atoms with van der Waals surface area (Å²) in [5, 5.41) is 11.2. The number of carbonyl (C=O) groups excluding carboxylic acids is 1. The Bertz CT molecular complexity index is 815. The van der Waals surface area contributed by atoms with E-state index in [0.29, 0.717) is 18.7 Å². The first-order valence-corrected chi connectivity index (χ1v) is 9.25. The van der Waals surface area contributed by atoms with Gasteiger partial charge in [-0.15, -0.1) is 5.10 Å². The van der Waals surface area contributed by atoms with Crippen LogP contribution in [0.25, 0.3) is 5.69 Å². The molecule has 1 fully saturated rings. The molecule has 1 aromatic carbocycles. The normalized spacial score (nSPS) is 19.6. The molecule has 8 heteroatoms. The highest BCUT2D eigenvalue weighted by molar-refractivity contribution is 7.91. The molecule has 0 bridgehead atoms. The molecule has 2 aromatic rings. The van der Waals surface area contributed by atoms with Gasteiger partial charge in [0.25, 0.3) is 5.91 Å². The second-order valence-electron chi connectivity index (χ2n) is 5.74. The average Bonchev–Trinajstić information content (AvgIpc) is 3.08. The minimum atomic E-state index is -2.93. The molecule has 1 aliphatic heterocycles. The molecule has 1 N–H and O–H groups in total. The molecule has 1 atom stereocenters. The Labute approximate surface area is 134 Å². The summed E-state index contributed by atoms with van der Waals surface area (Å²) in [6, 6.07) is 9.33. The minimum absolute atomic E-state index is 0.0200. The molecule has 0 spiro atoms. The van der Waals surface area contributed by atoms with Crippen LogP contribution in [0.4, 0.5) is 0 Å². The zero-order valence-corrected chi connectivity index (χ0v) is 13.6. The van der Waals surface area contributed by atoms with Gasteiger partial charge in [-0.05, 0) is 31.4 Å². The zero-order chi connectivity index (χ0) is 16.4. The molecule has 122 valence electrons. The molecule has 23 heavy (non-hydrogen) atoms. The second-order valence-corrected chi connectivity index (χ2v) is 7.97. The lowest BCUT2D eigenvalue weighted by atomic mass is 10.1. The number of nitrogens with zero attached hydrogens (tertiary/aromatic N) is 3. The number of nitrogens with one attached hydrogen (secondary N) is 1. The van der Waals surface area contributed by atoms with E-state index in [1.54, 1.807) is 6.92 Å². The first-order valence-electron chi connectivity index (χ1n) is 7.42. The van der Waals surface area contributed by atoms with E-state index in [1.165, 1.54) is 4.80 Å². The van der Waals surface area contributed by atoms with Gasteiger partial charge >= 0.3 is 0 Å². The summed E-state index contributed by atoms with van der Waals surface area (Å²) in [6.45, 7) is 2.07. The summed E-state index contributed by atoms with van der Waals surface area (Å²) in [6.07, 6.45) is 0.596. The summed E-state index contributed by atoms with van der Waals surface area (Å²) in [5.41, 5.74) is 1.57. The quantitative estimate of drug-likeness (QED) is 0.890. The number of benzene rings is 1. The maximum Gasteiger partial charge on any atom is 0.273 e. The Kier molecular flexibility index (Phi) is 4.16. The second kappa shape index (κ2) is 6.11. The van der Waals surface area contributed by atoms with Crippen molar-refractivity contribution in [3.8, 4) is 5.69 Å². The van der Waals surface area contributed by atoms with Crippen molar-refractivity contribution >= 4 is 15.7 Å². The summed E-state index contributed by atoms with van der Waals surface area (Å²) >= 11 is 0. The number of amides is 1. The van der Waals surface area contributed by atoms with Gasteiger partial charge in [-0.3, -0.25) is 4.79 Å². The van der Waals surface area contributed by atoms with Gasteiger partial charge in [-0.2, -0.15) is 9.90 Å². The number of para-hydroxylation sites is 1. The third-order valence-electron chi connectivity index (χ3n) is 3.86. The largest absolute Gasteiger partial charge is 0.350 e. The molecule has 0 saturated carbocycles. The highest BCUT2D eigenvalue weighted by Gasteiger charge is 2.28. The van der Waals surface area contributed by atoms with Crippen molar-refractivity contribution in [1.29, 1.82) is 0 Å². The lowest BCUT2D eigenvalue weighted by Crippen LogP contribution is -2.30. The van der Waals surface area contributed by atoms with Crippen molar-refractivity contribution in [2.45, 2.75) is 13.3 Å². The van der Waals surface area contributed by atoms with E-state index >= 15 is 0 Å². The smallest absolute Gasteiger partial charge is 0.273 e. The van der Waals surface area contributed by atoms with E-state index in [9.17, 15) is 13.2 Å². The van der Waals surface area contributed by atoms with Crippen molar-refractivity contribution in [2.75, 3.05) is 18.1 Å². The fraction of sp³-hybridized carbons (Fsp3) is 0.400. The Morgan fingerprint density at radius 3 is 2.70 bits per heavy atom. The monoisotopic (exact) mass is 334 g/mol. The van der Waals surface area contributed by atoms with Gasteiger partial charge < -0.3 is 5.32 Å². The van der Waals surface area contributed by atoms with E-state index < -0.39 is 9.84 Å². The van der Waals surface area contributed by atoms with Crippen LogP contribution in [0.2, 0.25) is 0 Å². The van der Waals surface area contributed by atoms with Gasteiger partial charge in [-0.25, -0.2) is 8.42 Å². The van der Waals surface area contributed by atoms with E-state index in [1.807, 2.05) is 30.3 Å². The molecule has 1 amide bonds. The fourth-order valence-electron chi connectivity index (χ4n) is 2.62. The topological polar surface area (TPSA) is 93.9 Å². The molecule has 3 rings (SSSR count). The summed E-state index contributed by atoms with van der Waals surface area (Å²) in [4.78, 5) is 13.7. The maximum absolute atomic E-state index is 12.3. The number of aromatic nitrogens is 3. The van der Waals surface area contributed by atoms with Crippen LogP contribution >= 0.6 is 0 Å². The number of aryl methyl sites for hydroxylation is 1. The SMILES string of the molecule is Cc1nn(-c2ccccc2)nc1C(=O)NC[C@H]1CCS(=O)(=O)C1. The fourth-order valence-corrected chi connectivity index (χ4v) is 4.48. The van der Waals surface area contributed by atoms with Crippen LogP contribution in [0.3, 0.4) is 0 Å². The number of sulfone groups is 1. The van der Waals surface area contributed by atoms with Gasteiger partial charge in [0.2, 0.25) is 0 Å². The predicted molar refractivity (Wildman–Crippen MR) is 85.2 cm³/mol. The summed E-state index contributed by atoms with van der Waals surface area (Å²) < 4.78 is 22.9. The van der Waals surface area contributed by atoms with Crippen molar-refractivity contribution in [1.82, 2.24) is 20.3 Å². The van der Waals surface area contributed by atoms with Gasteiger partial charge in [0.05, 0.1) is 22.9 Å². The van der Waals surface area contributed by atoms with Gasteiger partial charge in [0, 0.05) is 6.54 Å². The van der Waals surface area contributed by atoms with Crippen molar-refractivity contribution in [3.63, 3.8) is 0 Å². The molecular formula is C15H18N4O3S. The zero-order valence-electron chi connectivity index (χ0n) is 12.8. The number of hydrogen-bond donors (Lipinski definition) is 1. The van der Waals surface area contributed by atoms with Gasteiger partial charge in [-0.1, -0.05) is 18.2 Å². The molecular weight excluding hydrogens is 316 g/mol. The molecule has 1 saturated heterocycles. The van der Waals surface area contributed by atoms with Gasteiger partial charge in [0.15, 0.2) is 15.5 Å². The van der Waals surface area contributed by atoms with Crippen molar-refractivity contribution < 1.29 is 13.2 Å². The standard InChI is InChI=1S/C15H18N4O3S/c1-11-14(18-19(17-11)13-5-3-2-4-6-13)15(20)16-9-12-7-8-23(21,22)10-12/h2-6,12H,7-10H2,1H3,(H,16,20)/t12-/m1/s1. The van der Waals surface area contributed by atoms with E-state index in [4.69, 9.17) is 0 Å². The van der Waals surface area contributed by atoms with Crippen LogP contribution in [0.5, 0.6) is 0 Å². The highest BCUT2D eigenvalue weighted by atomic mass is 32.2. The number of hydrogen-bond acceptors (Lipinski definition) is 5. The summed E-state index contributed by atoms with van der Waals surface area (Å²) in [5.74, 6) is 0.00195. The molecule has 2 heterocycles. The molecule has 0 radical (unpaired) electrons.